The number of aromatic amines is 2. The van der Waals surface area contributed by atoms with Crippen molar-refractivity contribution in [1.29, 1.82) is 0 Å². The molecule has 3 amide bonds. The molecule has 1 aromatic carbocycles. The summed E-state index contributed by atoms with van der Waals surface area (Å²) in [6.45, 7) is -0.408. The lowest BCUT2D eigenvalue weighted by atomic mass is 10.0. The van der Waals surface area contributed by atoms with Gasteiger partial charge in [-0.25, -0.2) is 9.78 Å². The fourth-order valence-electron chi connectivity index (χ4n) is 3.45. The smallest absolute Gasteiger partial charge is 0.326 e. The Bertz CT molecular complexity index is 1180. The molecule has 186 valence electrons. The third kappa shape index (κ3) is 7.07. The molecule has 13 heteroatoms. The SMILES string of the molecule is NC(CS)C(=O)NCC(=O)NC(Cc1c[nH]c2ccccc12)C(=O)NC(Cc1cnc[nH]1)C(=O)O. The van der Waals surface area contributed by atoms with Crippen LogP contribution in [-0.4, -0.2) is 74.2 Å². The number of nitrogens with zero attached hydrogens (tertiary/aromatic N) is 1. The van der Waals surface area contributed by atoms with Crippen molar-refractivity contribution in [3.05, 3.63) is 54.2 Å². The van der Waals surface area contributed by atoms with E-state index in [1.807, 2.05) is 24.3 Å². The summed E-state index contributed by atoms with van der Waals surface area (Å²) in [5.41, 5.74) is 7.71. The molecule has 0 radical (unpaired) electrons. The zero-order chi connectivity index (χ0) is 25.4. The molecule has 0 fully saturated rings. The highest BCUT2D eigenvalue weighted by molar-refractivity contribution is 7.80. The number of thiol groups is 1. The molecule has 8 N–H and O–H groups in total. The molecule has 3 unspecified atom stereocenters. The quantitative estimate of drug-likeness (QED) is 0.147. The van der Waals surface area contributed by atoms with Gasteiger partial charge >= 0.3 is 5.97 Å². The molecule has 35 heavy (non-hydrogen) atoms. The fourth-order valence-corrected chi connectivity index (χ4v) is 3.61. The van der Waals surface area contributed by atoms with Gasteiger partial charge in [0.1, 0.15) is 12.1 Å². The van der Waals surface area contributed by atoms with Crippen molar-refractivity contribution >= 4 is 47.2 Å². The minimum Gasteiger partial charge on any atom is -0.480 e. The van der Waals surface area contributed by atoms with Crippen LogP contribution in [0.15, 0.2) is 43.0 Å². The number of H-pyrrole nitrogens is 2. The van der Waals surface area contributed by atoms with E-state index in [9.17, 15) is 24.3 Å². The average Bonchev–Trinajstić information content (AvgIpc) is 3.51. The molecule has 0 aliphatic rings. The molecule has 0 aliphatic heterocycles. The number of carboxylic acid groups (broad SMARTS) is 1. The van der Waals surface area contributed by atoms with Crippen molar-refractivity contribution in [2.75, 3.05) is 12.3 Å². The lowest BCUT2D eigenvalue weighted by molar-refractivity contribution is -0.142. The summed E-state index contributed by atoms with van der Waals surface area (Å²) >= 11 is 3.94. The van der Waals surface area contributed by atoms with Crippen LogP contribution in [0.5, 0.6) is 0 Å². The van der Waals surface area contributed by atoms with E-state index in [0.717, 1.165) is 16.5 Å². The number of carbonyl (C=O) groups is 4. The number of nitrogens with one attached hydrogen (secondary N) is 5. The van der Waals surface area contributed by atoms with Gasteiger partial charge in [0.05, 0.1) is 18.9 Å². The number of rotatable bonds is 12. The first-order valence-corrected chi connectivity index (χ1v) is 11.4. The lowest BCUT2D eigenvalue weighted by Crippen LogP contribution is -2.55. The second-order valence-corrected chi connectivity index (χ2v) is 8.24. The van der Waals surface area contributed by atoms with Crippen LogP contribution in [0.1, 0.15) is 11.3 Å². The molecule has 12 nitrogen and oxygen atoms in total. The van der Waals surface area contributed by atoms with Crippen LogP contribution in [0.3, 0.4) is 0 Å². The Balaban J connectivity index is 1.75. The number of carbonyl (C=O) groups excluding carboxylic acids is 3. The van der Waals surface area contributed by atoms with Crippen LogP contribution in [0.25, 0.3) is 10.9 Å². The minimum absolute atomic E-state index is 0.0213. The molecule has 0 spiro atoms. The van der Waals surface area contributed by atoms with E-state index in [4.69, 9.17) is 5.73 Å². The van der Waals surface area contributed by atoms with E-state index in [0.29, 0.717) is 5.69 Å². The summed E-state index contributed by atoms with van der Waals surface area (Å²) < 4.78 is 0. The summed E-state index contributed by atoms with van der Waals surface area (Å²) in [5, 5.41) is 17.9. The summed E-state index contributed by atoms with van der Waals surface area (Å²) in [7, 11) is 0. The van der Waals surface area contributed by atoms with Gasteiger partial charge in [0.15, 0.2) is 0 Å². The fraction of sp³-hybridized carbons (Fsp3) is 0.318. The number of nitrogens with two attached hydrogens (primary N) is 1. The molecule has 2 aromatic heterocycles. The van der Waals surface area contributed by atoms with E-state index >= 15 is 0 Å². The van der Waals surface area contributed by atoms with Crippen LogP contribution in [0, 0.1) is 0 Å². The van der Waals surface area contributed by atoms with Crippen molar-refractivity contribution in [2.45, 2.75) is 31.0 Å². The molecule has 0 aliphatic carbocycles. The number of hydrogen-bond donors (Lipinski definition) is 8. The maximum absolute atomic E-state index is 13.1. The monoisotopic (exact) mass is 501 g/mol. The van der Waals surface area contributed by atoms with Gasteiger partial charge in [0.25, 0.3) is 0 Å². The number of imidazole rings is 1. The van der Waals surface area contributed by atoms with E-state index in [-0.39, 0.29) is 18.6 Å². The molecule has 2 heterocycles. The number of para-hydroxylation sites is 1. The largest absolute Gasteiger partial charge is 0.480 e. The zero-order valence-corrected chi connectivity index (χ0v) is 19.5. The number of aliphatic carboxylic acids is 1. The van der Waals surface area contributed by atoms with Crippen molar-refractivity contribution in [1.82, 2.24) is 30.9 Å². The molecule has 3 atom stereocenters. The maximum Gasteiger partial charge on any atom is 0.326 e. The Kier molecular flexibility index (Phi) is 8.86. The zero-order valence-electron chi connectivity index (χ0n) is 18.7. The Morgan fingerprint density at radius 2 is 1.83 bits per heavy atom. The molecular weight excluding hydrogens is 474 g/mol. The summed E-state index contributed by atoms with van der Waals surface area (Å²) in [5.74, 6) is -3.01. The molecule has 0 saturated heterocycles. The third-order valence-corrected chi connectivity index (χ3v) is 5.69. The number of aromatic nitrogens is 3. The second-order valence-electron chi connectivity index (χ2n) is 7.87. The average molecular weight is 502 g/mol. The normalized spacial score (nSPS) is 13.5. The highest BCUT2D eigenvalue weighted by Crippen LogP contribution is 2.19. The predicted octanol–water partition coefficient (Wildman–Crippen LogP) is -0.896. The highest BCUT2D eigenvalue weighted by atomic mass is 32.1. The van der Waals surface area contributed by atoms with Gasteiger partial charge in [0.2, 0.25) is 17.7 Å². The standard InChI is InChI=1S/C22H27N7O5S/c23-15(10-35)20(31)26-9-19(30)28-17(5-12-7-25-16-4-2-1-3-14(12)16)21(32)29-18(22(33)34)6-13-8-24-11-27-13/h1-4,7-8,11,15,17-18,25,35H,5-6,9-10,23H2,(H,24,27)(H,26,31)(H,28,30)(H,29,32)(H,33,34). The molecule has 3 rings (SSSR count). The lowest BCUT2D eigenvalue weighted by Gasteiger charge is -2.21. The predicted molar refractivity (Wildman–Crippen MR) is 131 cm³/mol. The van der Waals surface area contributed by atoms with E-state index in [2.05, 4.69) is 43.5 Å². The summed E-state index contributed by atoms with van der Waals surface area (Å²) in [6.07, 6.45) is 4.66. The number of carboxylic acids is 1. The van der Waals surface area contributed by atoms with Gasteiger partial charge in [-0.05, 0) is 11.6 Å². The summed E-state index contributed by atoms with van der Waals surface area (Å²) in [4.78, 5) is 59.0. The molecule has 0 bridgehead atoms. The Hall–Kier alpha value is -3.84. The van der Waals surface area contributed by atoms with Crippen molar-refractivity contribution in [3.63, 3.8) is 0 Å². The maximum atomic E-state index is 13.1. The van der Waals surface area contributed by atoms with Crippen LogP contribution < -0.4 is 21.7 Å². The van der Waals surface area contributed by atoms with E-state index in [1.165, 1.54) is 12.5 Å². The number of benzene rings is 1. The minimum atomic E-state index is -1.25. The van der Waals surface area contributed by atoms with Crippen LogP contribution >= 0.6 is 12.6 Å². The van der Waals surface area contributed by atoms with Gasteiger partial charge in [0, 0.05) is 47.6 Å². The van der Waals surface area contributed by atoms with Gasteiger partial charge in [-0.2, -0.15) is 12.6 Å². The Labute approximate surface area is 205 Å². The number of amides is 3. The van der Waals surface area contributed by atoms with Gasteiger partial charge in [-0.3, -0.25) is 14.4 Å². The molecule has 0 saturated carbocycles. The van der Waals surface area contributed by atoms with Gasteiger partial charge in [-0.15, -0.1) is 0 Å². The second kappa shape index (κ2) is 12.0. The first-order chi connectivity index (χ1) is 16.8. The van der Waals surface area contributed by atoms with Crippen molar-refractivity contribution in [2.24, 2.45) is 5.73 Å². The Morgan fingerprint density at radius 3 is 2.51 bits per heavy atom. The third-order valence-electron chi connectivity index (χ3n) is 5.30. The highest BCUT2D eigenvalue weighted by Gasteiger charge is 2.28. The van der Waals surface area contributed by atoms with Gasteiger partial charge in [-0.1, -0.05) is 18.2 Å². The van der Waals surface area contributed by atoms with Crippen LogP contribution in [0.2, 0.25) is 0 Å². The van der Waals surface area contributed by atoms with Crippen LogP contribution in [0.4, 0.5) is 0 Å². The first kappa shape index (κ1) is 25.8. The number of fused-ring (bicyclic) bond motifs is 1. The van der Waals surface area contributed by atoms with Crippen molar-refractivity contribution < 1.29 is 24.3 Å². The number of hydrogen-bond acceptors (Lipinski definition) is 7. The van der Waals surface area contributed by atoms with E-state index < -0.39 is 48.4 Å². The summed E-state index contributed by atoms with van der Waals surface area (Å²) in [6, 6.07) is 4.21. The van der Waals surface area contributed by atoms with Crippen molar-refractivity contribution in [3.8, 4) is 0 Å². The van der Waals surface area contributed by atoms with Crippen LogP contribution in [-0.2, 0) is 32.0 Å². The molecular formula is C22H27N7O5S. The first-order valence-electron chi connectivity index (χ1n) is 10.8. The molecule has 3 aromatic rings. The Morgan fingerprint density at radius 1 is 1.06 bits per heavy atom. The topological polar surface area (TPSA) is 195 Å². The van der Waals surface area contributed by atoms with Gasteiger partial charge < -0.3 is 36.8 Å². The van der Waals surface area contributed by atoms with E-state index in [1.54, 1.807) is 6.20 Å².